The Hall–Kier alpha value is -7.21. The van der Waals surface area contributed by atoms with E-state index < -0.39 is 0 Å². The summed E-state index contributed by atoms with van der Waals surface area (Å²) in [5, 5.41) is 4.50. The molecule has 8 aromatic carbocycles. The first-order valence-corrected chi connectivity index (χ1v) is 19.5. The summed E-state index contributed by atoms with van der Waals surface area (Å²) in [6, 6.07) is 65.6. The molecule has 0 bridgehead atoms. The lowest BCUT2D eigenvalue weighted by Crippen LogP contribution is -2.01. The Kier molecular flexibility index (Phi) is 7.64. The topological polar surface area (TPSA) is 51.8 Å². The fourth-order valence-corrected chi connectivity index (χ4v) is 9.05. The molecule has 0 N–H and O–H groups in total. The predicted molar refractivity (Wildman–Crippen MR) is 233 cm³/mol. The molecule has 0 amide bonds. The number of rotatable bonds is 6. The maximum atomic E-state index is 6.68. The number of para-hydroxylation sites is 1. The van der Waals surface area contributed by atoms with Gasteiger partial charge in [-0.15, -0.1) is 11.3 Å². The highest BCUT2D eigenvalue weighted by molar-refractivity contribution is 7.26. The molecule has 0 saturated carbocycles. The van der Waals surface area contributed by atoms with Crippen LogP contribution in [0.15, 0.2) is 192 Å². The van der Waals surface area contributed by atoms with Gasteiger partial charge in [-0.25, -0.2) is 15.0 Å². The van der Waals surface area contributed by atoms with Crippen molar-refractivity contribution in [2.75, 3.05) is 0 Å². The average molecular weight is 734 g/mol. The van der Waals surface area contributed by atoms with Crippen LogP contribution in [0, 0.1) is 0 Å². The van der Waals surface area contributed by atoms with E-state index in [4.69, 9.17) is 19.4 Å². The van der Waals surface area contributed by atoms with Crippen molar-refractivity contribution in [2.24, 2.45) is 0 Å². The molecule has 56 heavy (non-hydrogen) atoms. The highest BCUT2D eigenvalue weighted by Crippen LogP contribution is 2.47. The van der Waals surface area contributed by atoms with Crippen molar-refractivity contribution < 1.29 is 4.42 Å². The van der Waals surface area contributed by atoms with E-state index in [1.807, 2.05) is 59.9 Å². The van der Waals surface area contributed by atoms with Gasteiger partial charge in [-0.3, -0.25) is 0 Å². The van der Waals surface area contributed by atoms with Crippen molar-refractivity contribution in [3.05, 3.63) is 188 Å². The summed E-state index contributed by atoms with van der Waals surface area (Å²) in [4.78, 5) is 15.6. The number of hydrogen-bond acceptors (Lipinski definition) is 5. The SMILES string of the molecule is c1ccc(-c2ccc(-c3nc(-c4ccccc4)nc(-c4cc(-c5ccc6sc7ccccc7c6c5-c5ccccc5)cc5oc6ccccc6c45)n3)cc2)cc1. The zero-order valence-corrected chi connectivity index (χ0v) is 30.9. The van der Waals surface area contributed by atoms with E-state index in [1.165, 1.54) is 25.7 Å². The minimum atomic E-state index is 0.586. The molecule has 0 saturated heterocycles. The van der Waals surface area contributed by atoms with Gasteiger partial charge in [-0.1, -0.05) is 158 Å². The molecule has 11 aromatic rings. The van der Waals surface area contributed by atoms with Gasteiger partial charge < -0.3 is 4.42 Å². The van der Waals surface area contributed by atoms with Crippen LogP contribution in [0.4, 0.5) is 0 Å². The summed E-state index contributed by atoms with van der Waals surface area (Å²) in [6.07, 6.45) is 0. The second kappa shape index (κ2) is 13.3. The first kappa shape index (κ1) is 32.2. The molecule has 5 heteroatoms. The van der Waals surface area contributed by atoms with Crippen molar-refractivity contribution in [3.63, 3.8) is 0 Å². The Bertz CT molecular complexity index is 3230. The quantitative estimate of drug-likeness (QED) is 0.171. The van der Waals surface area contributed by atoms with E-state index in [0.29, 0.717) is 17.5 Å². The number of hydrogen-bond donors (Lipinski definition) is 0. The van der Waals surface area contributed by atoms with Crippen molar-refractivity contribution in [1.82, 2.24) is 15.0 Å². The average Bonchev–Trinajstić information content (AvgIpc) is 3.85. The second-order valence-electron chi connectivity index (χ2n) is 13.9. The smallest absolute Gasteiger partial charge is 0.164 e. The van der Waals surface area contributed by atoms with Gasteiger partial charge in [0, 0.05) is 47.6 Å². The second-order valence-corrected chi connectivity index (χ2v) is 15.0. The monoisotopic (exact) mass is 733 g/mol. The highest BCUT2D eigenvalue weighted by Gasteiger charge is 2.22. The third kappa shape index (κ3) is 5.48. The molecule has 0 unspecified atom stereocenters. The van der Waals surface area contributed by atoms with Crippen LogP contribution in [0.1, 0.15) is 0 Å². The normalized spacial score (nSPS) is 11.6. The van der Waals surface area contributed by atoms with Crippen LogP contribution >= 0.6 is 11.3 Å². The van der Waals surface area contributed by atoms with Crippen molar-refractivity contribution in [1.29, 1.82) is 0 Å². The molecule has 3 heterocycles. The molecule has 0 radical (unpaired) electrons. The minimum Gasteiger partial charge on any atom is -0.456 e. The van der Waals surface area contributed by atoms with E-state index in [1.54, 1.807) is 0 Å². The standard InChI is InChI=1S/C51H31N3OS/c1-4-14-32(15-5-1)33-24-26-36(27-25-33)50-52-49(35-18-8-3-9-19-35)53-51(54-50)41-30-37(31-43-47(41)39-20-10-12-22-42(39)55-43)38-28-29-45-48(40-21-11-13-23-44(40)56-45)46(38)34-16-6-2-7-17-34/h1-31H. The highest BCUT2D eigenvalue weighted by atomic mass is 32.1. The molecule has 0 atom stereocenters. The van der Waals surface area contributed by atoms with Crippen LogP contribution in [0.2, 0.25) is 0 Å². The van der Waals surface area contributed by atoms with Crippen LogP contribution in [0.5, 0.6) is 0 Å². The van der Waals surface area contributed by atoms with Crippen molar-refractivity contribution in [3.8, 4) is 67.5 Å². The molecule has 0 spiro atoms. The van der Waals surface area contributed by atoms with Gasteiger partial charge in [0.05, 0.1) is 0 Å². The zero-order chi connectivity index (χ0) is 37.0. The molecule has 0 aliphatic carbocycles. The number of fused-ring (bicyclic) bond motifs is 6. The Morgan fingerprint density at radius 3 is 1.62 bits per heavy atom. The molecule has 0 aliphatic rings. The van der Waals surface area contributed by atoms with Crippen LogP contribution < -0.4 is 0 Å². The third-order valence-corrected chi connectivity index (χ3v) is 11.7. The summed E-state index contributed by atoms with van der Waals surface area (Å²) in [6.45, 7) is 0. The Balaban J connectivity index is 1.19. The minimum absolute atomic E-state index is 0.586. The Morgan fingerprint density at radius 2 is 0.893 bits per heavy atom. The molecule has 0 aliphatic heterocycles. The maximum absolute atomic E-state index is 6.68. The van der Waals surface area contributed by atoms with Crippen LogP contribution in [0.3, 0.4) is 0 Å². The van der Waals surface area contributed by atoms with E-state index in [2.05, 4.69) is 140 Å². The molecule has 0 fully saturated rings. The molecule has 11 rings (SSSR count). The molecule has 3 aromatic heterocycles. The van der Waals surface area contributed by atoms with Crippen molar-refractivity contribution >= 4 is 53.4 Å². The Labute approximate surface area is 327 Å². The number of aromatic nitrogens is 3. The van der Waals surface area contributed by atoms with Gasteiger partial charge in [0.2, 0.25) is 0 Å². The van der Waals surface area contributed by atoms with Crippen molar-refractivity contribution in [2.45, 2.75) is 0 Å². The number of benzene rings is 8. The number of thiophene rings is 1. The van der Waals surface area contributed by atoms with Gasteiger partial charge in [0.15, 0.2) is 17.5 Å². The summed E-state index contributed by atoms with van der Waals surface area (Å²) >= 11 is 1.83. The van der Waals surface area contributed by atoms with Gasteiger partial charge in [-0.2, -0.15) is 0 Å². The lowest BCUT2D eigenvalue weighted by molar-refractivity contribution is 0.669. The van der Waals surface area contributed by atoms with Crippen LogP contribution in [-0.4, -0.2) is 15.0 Å². The summed E-state index contributed by atoms with van der Waals surface area (Å²) in [5.74, 6) is 1.80. The number of furan rings is 1. The molecule has 262 valence electrons. The fraction of sp³-hybridized carbons (Fsp3) is 0. The largest absolute Gasteiger partial charge is 0.456 e. The number of nitrogens with zero attached hydrogens (tertiary/aromatic N) is 3. The first-order valence-electron chi connectivity index (χ1n) is 18.7. The van der Waals surface area contributed by atoms with Gasteiger partial charge in [-0.05, 0) is 63.7 Å². The third-order valence-electron chi connectivity index (χ3n) is 10.6. The lowest BCUT2D eigenvalue weighted by Gasteiger charge is -2.15. The first-order chi connectivity index (χ1) is 27.7. The summed E-state index contributed by atoms with van der Waals surface area (Å²) in [7, 11) is 0. The van der Waals surface area contributed by atoms with Gasteiger partial charge in [0.25, 0.3) is 0 Å². The summed E-state index contributed by atoms with van der Waals surface area (Å²) < 4.78 is 9.21. The molecular weight excluding hydrogens is 703 g/mol. The van der Waals surface area contributed by atoms with Crippen LogP contribution in [-0.2, 0) is 0 Å². The molecular formula is C51H31N3OS. The van der Waals surface area contributed by atoms with E-state index in [9.17, 15) is 0 Å². The summed E-state index contributed by atoms with van der Waals surface area (Å²) in [5.41, 5.74) is 11.1. The zero-order valence-electron chi connectivity index (χ0n) is 30.1. The van der Waals surface area contributed by atoms with E-state index in [0.717, 1.165) is 66.4 Å². The molecule has 4 nitrogen and oxygen atoms in total. The van der Waals surface area contributed by atoms with Gasteiger partial charge >= 0.3 is 0 Å². The van der Waals surface area contributed by atoms with Crippen LogP contribution in [0.25, 0.3) is 110 Å². The lowest BCUT2D eigenvalue weighted by atomic mass is 9.89. The van der Waals surface area contributed by atoms with E-state index >= 15 is 0 Å². The maximum Gasteiger partial charge on any atom is 0.164 e. The van der Waals surface area contributed by atoms with Gasteiger partial charge in [0.1, 0.15) is 11.2 Å². The Morgan fingerprint density at radius 1 is 0.339 bits per heavy atom. The predicted octanol–water partition coefficient (Wildman–Crippen LogP) is 14.1. The van der Waals surface area contributed by atoms with E-state index in [-0.39, 0.29) is 0 Å². The fourth-order valence-electron chi connectivity index (χ4n) is 7.93.